The van der Waals surface area contributed by atoms with Gasteiger partial charge in [-0.2, -0.15) is 0 Å². The molecule has 104 valence electrons. The standard InChI is InChI=1S/C11H20N2O4S/c1-2-12-10-8-17-7-9(10)11(14)13-3-5-18(15,16)6-4-13/h9-10,12H,2-8H2,1H3. The van der Waals surface area contributed by atoms with Crippen molar-refractivity contribution in [2.24, 2.45) is 5.92 Å². The van der Waals surface area contributed by atoms with Gasteiger partial charge in [0.05, 0.1) is 30.6 Å². The smallest absolute Gasteiger partial charge is 0.229 e. The molecule has 2 aliphatic heterocycles. The molecule has 0 aromatic carbocycles. The van der Waals surface area contributed by atoms with Gasteiger partial charge in [0.1, 0.15) is 0 Å². The van der Waals surface area contributed by atoms with Crippen molar-refractivity contribution in [1.82, 2.24) is 10.2 Å². The van der Waals surface area contributed by atoms with Crippen LogP contribution in [0.5, 0.6) is 0 Å². The molecule has 0 aromatic rings. The second-order valence-corrected chi connectivity index (χ2v) is 7.09. The van der Waals surface area contributed by atoms with E-state index < -0.39 is 9.84 Å². The van der Waals surface area contributed by atoms with Crippen molar-refractivity contribution in [2.45, 2.75) is 13.0 Å². The van der Waals surface area contributed by atoms with E-state index in [4.69, 9.17) is 4.74 Å². The predicted octanol–water partition coefficient (Wildman–Crippen LogP) is -1.13. The van der Waals surface area contributed by atoms with E-state index >= 15 is 0 Å². The first kappa shape index (κ1) is 13.8. The van der Waals surface area contributed by atoms with Crippen molar-refractivity contribution in [2.75, 3.05) is 44.4 Å². The van der Waals surface area contributed by atoms with Crippen molar-refractivity contribution >= 4 is 15.7 Å². The van der Waals surface area contributed by atoms with Gasteiger partial charge in [-0.3, -0.25) is 4.79 Å². The highest BCUT2D eigenvalue weighted by atomic mass is 32.2. The Morgan fingerprint density at radius 3 is 2.61 bits per heavy atom. The van der Waals surface area contributed by atoms with Gasteiger partial charge in [-0.25, -0.2) is 8.42 Å². The quantitative estimate of drug-likeness (QED) is 0.706. The molecule has 2 fully saturated rings. The molecule has 0 saturated carbocycles. The van der Waals surface area contributed by atoms with Crippen LogP contribution in [0.4, 0.5) is 0 Å². The number of amides is 1. The number of rotatable bonds is 3. The number of hydrogen-bond donors (Lipinski definition) is 1. The second kappa shape index (κ2) is 5.54. The van der Waals surface area contributed by atoms with Crippen molar-refractivity contribution < 1.29 is 17.9 Å². The van der Waals surface area contributed by atoms with Crippen LogP contribution in [0.1, 0.15) is 6.92 Å². The molecule has 0 bridgehead atoms. The summed E-state index contributed by atoms with van der Waals surface area (Å²) in [6.07, 6.45) is 0. The van der Waals surface area contributed by atoms with Crippen LogP contribution in [0, 0.1) is 5.92 Å². The Hall–Kier alpha value is -0.660. The highest BCUT2D eigenvalue weighted by Crippen LogP contribution is 2.18. The van der Waals surface area contributed by atoms with E-state index in [0.717, 1.165) is 6.54 Å². The number of sulfone groups is 1. The Bertz CT molecular complexity index is 395. The minimum atomic E-state index is -2.94. The Kier molecular flexibility index (Phi) is 4.24. The van der Waals surface area contributed by atoms with Crippen LogP contribution in [0.25, 0.3) is 0 Å². The van der Waals surface area contributed by atoms with Gasteiger partial charge in [0.25, 0.3) is 0 Å². The number of ether oxygens (including phenoxy) is 1. The molecule has 0 aliphatic carbocycles. The molecule has 2 atom stereocenters. The lowest BCUT2D eigenvalue weighted by atomic mass is 10.0. The zero-order chi connectivity index (χ0) is 13.2. The van der Waals surface area contributed by atoms with E-state index in [9.17, 15) is 13.2 Å². The molecule has 0 radical (unpaired) electrons. The number of carbonyl (C=O) groups excluding carboxylic acids is 1. The summed E-state index contributed by atoms with van der Waals surface area (Å²) in [5, 5.41) is 3.24. The summed E-state index contributed by atoms with van der Waals surface area (Å²) in [4.78, 5) is 14.0. The van der Waals surface area contributed by atoms with E-state index in [-0.39, 0.29) is 29.4 Å². The van der Waals surface area contributed by atoms with Crippen LogP contribution < -0.4 is 5.32 Å². The molecule has 1 N–H and O–H groups in total. The molecule has 18 heavy (non-hydrogen) atoms. The minimum Gasteiger partial charge on any atom is -0.379 e. The van der Waals surface area contributed by atoms with Crippen LogP contribution >= 0.6 is 0 Å². The molecular weight excluding hydrogens is 256 g/mol. The lowest BCUT2D eigenvalue weighted by Gasteiger charge is -2.30. The largest absolute Gasteiger partial charge is 0.379 e. The van der Waals surface area contributed by atoms with Crippen LogP contribution in [0.2, 0.25) is 0 Å². The topological polar surface area (TPSA) is 75.7 Å². The zero-order valence-electron chi connectivity index (χ0n) is 10.6. The third-order valence-corrected chi connectivity index (χ3v) is 5.13. The van der Waals surface area contributed by atoms with E-state index in [2.05, 4.69) is 5.32 Å². The molecule has 7 heteroatoms. The van der Waals surface area contributed by atoms with E-state index in [1.165, 1.54) is 0 Å². The van der Waals surface area contributed by atoms with Gasteiger partial charge in [-0.1, -0.05) is 6.92 Å². The minimum absolute atomic E-state index is 0.0216. The number of carbonyl (C=O) groups is 1. The molecule has 0 spiro atoms. The number of nitrogens with one attached hydrogen (secondary N) is 1. The molecule has 2 unspecified atom stereocenters. The summed E-state index contributed by atoms with van der Waals surface area (Å²) >= 11 is 0. The van der Waals surface area contributed by atoms with Crippen molar-refractivity contribution in [3.63, 3.8) is 0 Å². The number of hydrogen-bond acceptors (Lipinski definition) is 5. The third-order valence-electron chi connectivity index (χ3n) is 3.52. The molecule has 0 aromatic heterocycles. The fraction of sp³-hybridized carbons (Fsp3) is 0.909. The second-order valence-electron chi connectivity index (χ2n) is 4.79. The molecule has 2 rings (SSSR count). The van der Waals surface area contributed by atoms with Gasteiger partial charge in [-0.15, -0.1) is 0 Å². The highest BCUT2D eigenvalue weighted by molar-refractivity contribution is 7.91. The maximum Gasteiger partial charge on any atom is 0.229 e. The molecule has 2 saturated heterocycles. The first-order valence-corrected chi connectivity index (χ1v) is 8.16. The van der Waals surface area contributed by atoms with Crippen LogP contribution in [0.3, 0.4) is 0 Å². The summed E-state index contributed by atoms with van der Waals surface area (Å²) in [6.45, 7) is 4.41. The normalized spacial score (nSPS) is 31.5. The Labute approximate surface area is 108 Å². The predicted molar refractivity (Wildman–Crippen MR) is 67.0 cm³/mol. The highest BCUT2D eigenvalue weighted by Gasteiger charge is 2.37. The van der Waals surface area contributed by atoms with Crippen LogP contribution in [-0.2, 0) is 19.4 Å². The Morgan fingerprint density at radius 1 is 1.33 bits per heavy atom. The summed E-state index contributed by atoms with van der Waals surface area (Å²) < 4.78 is 28.0. The molecule has 6 nitrogen and oxygen atoms in total. The fourth-order valence-corrected chi connectivity index (χ4v) is 3.63. The first-order valence-electron chi connectivity index (χ1n) is 6.34. The fourth-order valence-electron chi connectivity index (χ4n) is 2.43. The van der Waals surface area contributed by atoms with Crippen LogP contribution in [-0.4, -0.2) is 69.6 Å². The van der Waals surface area contributed by atoms with E-state index in [0.29, 0.717) is 26.3 Å². The summed E-state index contributed by atoms with van der Waals surface area (Å²) in [5.74, 6) is 0.00947. The average molecular weight is 276 g/mol. The summed E-state index contributed by atoms with van der Waals surface area (Å²) in [6, 6.07) is 0.0565. The van der Waals surface area contributed by atoms with E-state index in [1.807, 2.05) is 6.92 Å². The van der Waals surface area contributed by atoms with Gasteiger partial charge < -0.3 is 15.0 Å². The summed E-state index contributed by atoms with van der Waals surface area (Å²) in [7, 11) is -2.94. The third kappa shape index (κ3) is 3.02. The molecular formula is C11H20N2O4S. The lowest BCUT2D eigenvalue weighted by Crippen LogP contribution is -2.50. The van der Waals surface area contributed by atoms with Crippen LogP contribution in [0.15, 0.2) is 0 Å². The molecule has 2 aliphatic rings. The van der Waals surface area contributed by atoms with Gasteiger partial charge in [0, 0.05) is 19.1 Å². The van der Waals surface area contributed by atoms with Gasteiger partial charge in [0.15, 0.2) is 9.84 Å². The van der Waals surface area contributed by atoms with Gasteiger partial charge in [-0.05, 0) is 6.54 Å². The van der Waals surface area contributed by atoms with Gasteiger partial charge in [0.2, 0.25) is 5.91 Å². The SMILES string of the molecule is CCNC1COCC1C(=O)N1CCS(=O)(=O)CC1. The monoisotopic (exact) mass is 276 g/mol. The maximum atomic E-state index is 12.3. The molecule has 2 heterocycles. The van der Waals surface area contributed by atoms with Gasteiger partial charge >= 0.3 is 0 Å². The first-order chi connectivity index (χ1) is 8.53. The van der Waals surface area contributed by atoms with Crippen molar-refractivity contribution in [1.29, 1.82) is 0 Å². The molecule has 1 amide bonds. The Morgan fingerprint density at radius 2 is 2.00 bits per heavy atom. The van der Waals surface area contributed by atoms with E-state index in [1.54, 1.807) is 4.90 Å². The maximum absolute atomic E-state index is 12.3. The summed E-state index contributed by atoms with van der Waals surface area (Å²) in [5.41, 5.74) is 0. The number of nitrogens with zero attached hydrogens (tertiary/aromatic N) is 1. The number of likely N-dealkylation sites (N-methyl/N-ethyl adjacent to an activating group) is 1. The zero-order valence-corrected chi connectivity index (χ0v) is 11.4. The van der Waals surface area contributed by atoms with Crippen molar-refractivity contribution in [3.8, 4) is 0 Å². The Balaban J connectivity index is 1.95. The lowest BCUT2D eigenvalue weighted by molar-refractivity contribution is -0.135. The van der Waals surface area contributed by atoms with Crippen molar-refractivity contribution in [3.05, 3.63) is 0 Å². The average Bonchev–Trinajstić information content (AvgIpc) is 2.77.